The summed E-state index contributed by atoms with van der Waals surface area (Å²) in [6.45, 7) is 13.6. The molecule has 1 saturated heterocycles. The van der Waals surface area contributed by atoms with Crippen LogP contribution in [0.15, 0.2) is 11.6 Å². The van der Waals surface area contributed by atoms with Gasteiger partial charge in [0.15, 0.2) is 0 Å². The Morgan fingerprint density at radius 2 is 2.06 bits per heavy atom. The predicted octanol–water partition coefficient (Wildman–Crippen LogP) is 2.98. The highest BCUT2D eigenvalue weighted by molar-refractivity contribution is 6.29. The molecule has 0 spiro atoms. The summed E-state index contributed by atoms with van der Waals surface area (Å²) in [6.07, 6.45) is 3.51. The van der Waals surface area contributed by atoms with Crippen LogP contribution in [-0.4, -0.2) is 36.1 Å². The topological polar surface area (TPSA) is 15.3 Å². The van der Waals surface area contributed by atoms with Gasteiger partial charge in [-0.25, -0.2) is 0 Å². The molecular formula is C13H25ClN2. The van der Waals surface area contributed by atoms with Crippen LogP contribution >= 0.6 is 11.6 Å². The molecule has 1 atom stereocenters. The molecule has 1 unspecified atom stereocenters. The van der Waals surface area contributed by atoms with Crippen LogP contribution in [0.4, 0.5) is 0 Å². The van der Waals surface area contributed by atoms with E-state index in [-0.39, 0.29) is 5.54 Å². The lowest BCUT2D eigenvalue weighted by atomic mass is 9.88. The van der Waals surface area contributed by atoms with Gasteiger partial charge in [0, 0.05) is 36.2 Å². The van der Waals surface area contributed by atoms with Crippen molar-refractivity contribution in [2.75, 3.05) is 19.6 Å². The van der Waals surface area contributed by atoms with Crippen molar-refractivity contribution in [2.45, 2.75) is 51.6 Å². The normalized spacial score (nSPS) is 25.6. The molecule has 1 N–H and O–H groups in total. The van der Waals surface area contributed by atoms with Crippen LogP contribution < -0.4 is 5.32 Å². The lowest BCUT2D eigenvalue weighted by molar-refractivity contribution is 0.0801. The van der Waals surface area contributed by atoms with Crippen LogP contribution in [0.25, 0.3) is 0 Å². The van der Waals surface area contributed by atoms with Crippen molar-refractivity contribution in [1.29, 1.82) is 0 Å². The molecule has 0 aromatic carbocycles. The number of piperazine rings is 1. The number of rotatable bonds is 5. The van der Waals surface area contributed by atoms with Crippen LogP contribution in [0.2, 0.25) is 0 Å². The molecular weight excluding hydrogens is 220 g/mol. The first kappa shape index (κ1) is 14.0. The molecule has 0 bridgehead atoms. The van der Waals surface area contributed by atoms with Crippen LogP contribution in [0.3, 0.4) is 0 Å². The summed E-state index contributed by atoms with van der Waals surface area (Å²) in [6, 6.07) is 0.599. The molecule has 1 aliphatic rings. The Hall–Kier alpha value is -0.0500. The fraction of sp³-hybridized carbons (Fsp3) is 0.846. The zero-order chi connectivity index (χ0) is 12.2. The molecule has 0 radical (unpaired) electrons. The van der Waals surface area contributed by atoms with Gasteiger partial charge >= 0.3 is 0 Å². The van der Waals surface area contributed by atoms with Crippen molar-refractivity contribution in [3.8, 4) is 0 Å². The highest BCUT2D eigenvalue weighted by Gasteiger charge is 2.35. The van der Waals surface area contributed by atoms with Gasteiger partial charge < -0.3 is 5.32 Å². The maximum Gasteiger partial charge on any atom is 0.0339 e. The van der Waals surface area contributed by atoms with E-state index in [9.17, 15) is 0 Å². The van der Waals surface area contributed by atoms with Gasteiger partial charge in [-0.3, -0.25) is 4.90 Å². The summed E-state index contributed by atoms with van der Waals surface area (Å²) in [7, 11) is 0. The Bertz CT molecular complexity index is 236. The molecule has 0 aromatic rings. The summed E-state index contributed by atoms with van der Waals surface area (Å²) in [5.74, 6) is 0. The van der Waals surface area contributed by atoms with Gasteiger partial charge in [-0.05, 0) is 19.3 Å². The average Bonchev–Trinajstić information content (AvgIpc) is 2.28. The number of hydrogen-bond donors (Lipinski definition) is 1. The second kappa shape index (κ2) is 6.04. The minimum Gasteiger partial charge on any atom is -0.308 e. The lowest BCUT2D eigenvalue weighted by Crippen LogP contribution is -2.63. The number of nitrogens with one attached hydrogen (secondary N) is 1. The first-order valence-corrected chi connectivity index (χ1v) is 6.77. The molecule has 1 rings (SSSR count). The average molecular weight is 245 g/mol. The number of hydrogen-bond acceptors (Lipinski definition) is 2. The molecule has 1 heterocycles. The smallest absolute Gasteiger partial charge is 0.0339 e. The maximum absolute atomic E-state index is 5.96. The second-order valence-corrected chi connectivity index (χ2v) is 5.39. The van der Waals surface area contributed by atoms with Gasteiger partial charge in [-0.2, -0.15) is 0 Å². The number of halogens is 1. The van der Waals surface area contributed by atoms with E-state index in [1.807, 2.05) is 0 Å². The Morgan fingerprint density at radius 3 is 2.50 bits per heavy atom. The zero-order valence-electron chi connectivity index (χ0n) is 10.9. The quantitative estimate of drug-likeness (QED) is 0.800. The largest absolute Gasteiger partial charge is 0.308 e. The fourth-order valence-electron chi connectivity index (χ4n) is 2.57. The molecule has 2 nitrogen and oxygen atoms in total. The monoisotopic (exact) mass is 244 g/mol. The van der Waals surface area contributed by atoms with Crippen molar-refractivity contribution >= 4 is 11.6 Å². The van der Waals surface area contributed by atoms with E-state index in [4.69, 9.17) is 11.6 Å². The van der Waals surface area contributed by atoms with Crippen molar-refractivity contribution in [3.63, 3.8) is 0 Å². The van der Waals surface area contributed by atoms with Gasteiger partial charge in [0.1, 0.15) is 0 Å². The molecule has 3 heteroatoms. The van der Waals surface area contributed by atoms with E-state index < -0.39 is 0 Å². The Labute approximate surface area is 105 Å². The van der Waals surface area contributed by atoms with E-state index in [0.29, 0.717) is 6.04 Å². The Morgan fingerprint density at radius 1 is 1.44 bits per heavy atom. The van der Waals surface area contributed by atoms with Crippen LogP contribution in [0, 0.1) is 0 Å². The maximum atomic E-state index is 5.96. The standard InChI is InChI=1S/C13H25ClN2/c1-5-12-8-15-13(6-2,7-3)10-16(12)9-11(4)14/h12,15H,4-10H2,1-3H3. The summed E-state index contributed by atoms with van der Waals surface area (Å²) in [4.78, 5) is 2.48. The molecule has 94 valence electrons. The third kappa shape index (κ3) is 3.22. The third-order valence-electron chi connectivity index (χ3n) is 3.93. The molecule has 16 heavy (non-hydrogen) atoms. The summed E-state index contributed by atoms with van der Waals surface area (Å²) in [5.41, 5.74) is 0.276. The van der Waals surface area contributed by atoms with Crippen LogP contribution in [0.5, 0.6) is 0 Å². The Kier molecular flexibility index (Phi) is 5.29. The van der Waals surface area contributed by atoms with Gasteiger partial charge in [0.2, 0.25) is 0 Å². The van der Waals surface area contributed by atoms with Gasteiger partial charge in [-0.15, -0.1) is 0 Å². The third-order valence-corrected chi connectivity index (χ3v) is 4.05. The van der Waals surface area contributed by atoms with E-state index in [1.54, 1.807) is 0 Å². The first-order chi connectivity index (χ1) is 7.56. The molecule has 0 saturated carbocycles. The minimum atomic E-state index is 0.276. The van der Waals surface area contributed by atoms with E-state index in [1.165, 1.54) is 19.3 Å². The molecule has 1 aliphatic heterocycles. The van der Waals surface area contributed by atoms with Crippen molar-refractivity contribution in [2.24, 2.45) is 0 Å². The molecule has 0 aromatic heterocycles. The van der Waals surface area contributed by atoms with E-state index >= 15 is 0 Å². The van der Waals surface area contributed by atoms with E-state index in [2.05, 4.69) is 37.6 Å². The Balaban J connectivity index is 2.71. The van der Waals surface area contributed by atoms with Crippen LogP contribution in [-0.2, 0) is 0 Å². The van der Waals surface area contributed by atoms with Gasteiger partial charge in [0.05, 0.1) is 0 Å². The van der Waals surface area contributed by atoms with Crippen molar-refractivity contribution in [1.82, 2.24) is 10.2 Å². The fourth-order valence-corrected chi connectivity index (χ4v) is 2.72. The molecule has 0 amide bonds. The van der Waals surface area contributed by atoms with Gasteiger partial charge in [0.25, 0.3) is 0 Å². The number of nitrogens with zero attached hydrogens (tertiary/aromatic N) is 1. The van der Waals surface area contributed by atoms with Crippen molar-refractivity contribution < 1.29 is 0 Å². The van der Waals surface area contributed by atoms with Crippen LogP contribution in [0.1, 0.15) is 40.0 Å². The predicted molar refractivity (Wildman–Crippen MR) is 72.0 cm³/mol. The van der Waals surface area contributed by atoms with Gasteiger partial charge in [-0.1, -0.05) is 39.0 Å². The lowest BCUT2D eigenvalue weighted by Gasteiger charge is -2.47. The van der Waals surface area contributed by atoms with Crippen molar-refractivity contribution in [3.05, 3.63) is 11.6 Å². The molecule has 1 fully saturated rings. The zero-order valence-corrected chi connectivity index (χ0v) is 11.6. The summed E-state index contributed by atoms with van der Waals surface area (Å²) < 4.78 is 0. The summed E-state index contributed by atoms with van der Waals surface area (Å²) >= 11 is 5.96. The highest BCUT2D eigenvalue weighted by atomic mass is 35.5. The first-order valence-electron chi connectivity index (χ1n) is 6.39. The highest BCUT2D eigenvalue weighted by Crippen LogP contribution is 2.24. The van der Waals surface area contributed by atoms with E-state index in [0.717, 1.165) is 24.7 Å². The SMILES string of the molecule is C=C(Cl)CN1CC(CC)(CC)NCC1CC. The summed E-state index contributed by atoms with van der Waals surface area (Å²) in [5, 5.41) is 4.47. The second-order valence-electron chi connectivity index (χ2n) is 4.85. The molecule has 0 aliphatic carbocycles. The minimum absolute atomic E-state index is 0.276.